The summed E-state index contributed by atoms with van der Waals surface area (Å²) in [5, 5.41) is 2.60. The second kappa shape index (κ2) is 9.23. The molecule has 142 valence electrons. The van der Waals surface area contributed by atoms with Crippen LogP contribution in [0, 0.1) is 0 Å². The Labute approximate surface area is 156 Å². The van der Waals surface area contributed by atoms with Crippen molar-refractivity contribution < 1.29 is 23.9 Å². The number of anilines is 1. The molecule has 0 aromatic heterocycles. The van der Waals surface area contributed by atoms with Crippen molar-refractivity contribution in [3.8, 4) is 11.5 Å². The standard InChI is InChI=1S/C19H21N3O5/c1-4-27-16-10-7-14(11-17(16)26-3)19(25)22-21-18(24)13-5-8-15(9-6-13)20-12(2)23/h5-11H,4H2,1-3H3,(H,20,23)(H,21,24)(H,22,25). The average Bonchev–Trinajstić information content (AvgIpc) is 2.66. The van der Waals surface area contributed by atoms with Crippen molar-refractivity contribution >= 4 is 23.4 Å². The number of amides is 3. The van der Waals surface area contributed by atoms with Crippen molar-refractivity contribution in [3.63, 3.8) is 0 Å². The Balaban J connectivity index is 1.98. The maximum Gasteiger partial charge on any atom is 0.269 e. The van der Waals surface area contributed by atoms with Crippen LogP contribution in [-0.4, -0.2) is 31.4 Å². The Hall–Kier alpha value is -3.55. The van der Waals surface area contributed by atoms with Crippen LogP contribution in [0.3, 0.4) is 0 Å². The molecule has 3 N–H and O–H groups in total. The number of hydrogen-bond acceptors (Lipinski definition) is 5. The van der Waals surface area contributed by atoms with Gasteiger partial charge in [0.05, 0.1) is 13.7 Å². The molecule has 0 bridgehead atoms. The molecular weight excluding hydrogens is 350 g/mol. The summed E-state index contributed by atoms with van der Waals surface area (Å²) in [4.78, 5) is 35.3. The number of methoxy groups -OCH3 is 1. The first-order chi connectivity index (χ1) is 12.9. The van der Waals surface area contributed by atoms with Crippen LogP contribution >= 0.6 is 0 Å². The molecule has 0 saturated heterocycles. The van der Waals surface area contributed by atoms with E-state index in [1.165, 1.54) is 32.2 Å². The summed E-state index contributed by atoms with van der Waals surface area (Å²) in [6.45, 7) is 3.71. The summed E-state index contributed by atoms with van der Waals surface area (Å²) in [7, 11) is 1.48. The highest BCUT2D eigenvalue weighted by Crippen LogP contribution is 2.27. The molecule has 8 heteroatoms. The molecule has 0 aliphatic heterocycles. The lowest BCUT2D eigenvalue weighted by atomic mass is 10.2. The molecule has 8 nitrogen and oxygen atoms in total. The van der Waals surface area contributed by atoms with Gasteiger partial charge >= 0.3 is 0 Å². The van der Waals surface area contributed by atoms with Crippen molar-refractivity contribution in [2.24, 2.45) is 0 Å². The summed E-state index contributed by atoms with van der Waals surface area (Å²) in [6, 6.07) is 11.0. The summed E-state index contributed by atoms with van der Waals surface area (Å²) >= 11 is 0. The quantitative estimate of drug-likeness (QED) is 0.675. The fraction of sp³-hybridized carbons (Fsp3) is 0.211. The molecule has 0 radical (unpaired) electrons. The monoisotopic (exact) mass is 371 g/mol. The van der Waals surface area contributed by atoms with Crippen LogP contribution in [0.5, 0.6) is 11.5 Å². The lowest BCUT2D eigenvalue weighted by Gasteiger charge is -2.12. The molecule has 0 aliphatic carbocycles. The summed E-state index contributed by atoms with van der Waals surface area (Å²) in [5.41, 5.74) is 5.88. The number of hydrazine groups is 1. The van der Waals surface area contributed by atoms with Crippen molar-refractivity contribution in [2.75, 3.05) is 19.0 Å². The molecule has 0 atom stereocenters. The number of ether oxygens (including phenoxy) is 2. The van der Waals surface area contributed by atoms with Crippen LogP contribution in [0.2, 0.25) is 0 Å². The largest absolute Gasteiger partial charge is 0.493 e. The third kappa shape index (κ3) is 5.46. The minimum Gasteiger partial charge on any atom is -0.493 e. The van der Waals surface area contributed by atoms with Crippen LogP contribution in [0.1, 0.15) is 34.6 Å². The van der Waals surface area contributed by atoms with E-state index in [4.69, 9.17) is 9.47 Å². The molecule has 0 fully saturated rings. The zero-order chi connectivity index (χ0) is 19.8. The zero-order valence-electron chi connectivity index (χ0n) is 15.3. The number of rotatable bonds is 6. The van der Waals surface area contributed by atoms with Gasteiger partial charge in [-0.25, -0.2) is 0 Å². The van der Waals surface area contributed by atoms with Gasteiger partial charge in [-0.3, -0.25) is 25.2 Å². The first kappa shape index (κ1) is 19.8. The van der Waals surface area contributed by atoms with Gasteiger partial charge in [0.2, 0.25) is 5.91 Å². The first-order valence-corrected chi connectivity index (χ1v) is 8.23. The van der Waals surface area contributed by atoms with E-state index in [9.17, 15) is 14.4 Å². The normalized spacial score (nSPS) is 9.89. The summed E-state index contributed by atoms with van der Waals surface area (Å²) in [6.07, 6.45) is 0. The van der Waals surface area contributed by atoms with Crippen LogP contribution < -0.4 is 25.6 Å². The minimum absolute atomic E-state index is 0.203. The predicted octanol–water partition coefficient (Wildman–Crippen LogP) is 2.13. The maximum atomic E-state index is 12.2. The van der Waals surface area contributed by atoms with E-state index in [1.807, 2.05) is 6.92 Å². The van der Waals surface area contributed by atoms with Crippen LogP contribution in [0.15, 0.2) is 42.5 Å². The van der Waals surface area contributed by atoms with E-state index < -0.39 is 11.8 Å². The highest BCUT2D eigenvalue weighted by molar-refractivity contribution is 5.99. The van der Waals surface area contributed by atoms with E-state index in [0.717, 1.165) is 0 Å². The lowest BCUT2D eigenvalue weighted by Crippen LogP contribution is -2.41. The van der Waals surface area contributed by atoms with E-state index in [1.54, 1.807) is 24.3 Å². The molecule has 0 spiro atoms. The Morgan fingerprint density at radius 3 is 2.04 bits per heavy atom. The van der Waals surface area contributed by atoms with Crippen LogP contribution in [0.25, 0.3) is 0 Å². The zero-order valence-corrected chi connectivity index (χ0v) is 15.3. The maximum absolute atomic E-state index is 12.2. The van der Waals surface area contributed by atoms with Crippen molar-refractivity contribution in [1.29, 1.82) is 0 Å². The SMILES string of the molecule is CCOc1ccc(C(=O)NNC(=O)c2ccc(NC(C)=O)cc2)cc1OC. The smallest absolute Gasteiger partial charge is 0.269 e. The number of benzene rings is 2. The third-order valence-corrected chi connectivity index (χ3v) is 3.48. The molecule has 0 heterocycles. The fourth-order valence-corrected chi connectivity index (χ4v) is 2.25. The first-order valence-electron chi connectivity index (χ1n) is 8.23. The minimum atomic E-state index is -0.500. The topological polar surface area (TPSA) is 106 Å². The highest BCUT2D eigenvalue weighted by atomic mass is 16.5. The van der Waals surface area contributed by atoms with Gasteiger partial charge in [0.15, 0.2) is 11.5 Å². The van der Waals surface area contributed by atoms with Crippen LogP contribution in [-0.2, 0) is 4.79 Å². The fourth-order valence-electron chi connectivity index (χ4n) is 2.25. The third-order valence-electron chi connectivity index (χ3n) is 3.48. The number of nitrogens with one attached hydrogen (secondary N) is 3. The Bertz CT molecular complexity index is 834. The Morgan fingerprint density at radius 2 is 1.48 bits per heavy atom. The van der Waals surface area contributed by atoms with Gasteiger partial charge in [-0.1, -0.05) is 0 Å². The Kier molecular flexibility index (Phi) is 6.76. The van der Waals surface area contributed by atoms with Crippen molar-refractivity contribution in [2.45, 2.75) is 13.8 Å². The van der Waals surface area contributed by atoms with Gasteiger partial charge < -0.3 is 14.8 Å². The molecule has 2 aromatic carbocycles. The van der Waals surface area contributed by atoms with Crippen molar-refractivity contribution in [1.82, 2.24) is 10.9 Å². The molecule has 0 unspecified atom stereocenters. The van der Waals surface area contributed by atoms with E-state index in [-0.39, 0.29) is 5.91 Å². The van der Waals surface area contributed by atoms with Crippen molar-refractivity contribution in [3.05, 3.63) is 53.6 Å². The summed E-state index contributed by atoms with van der Waals surface area (Å²) in [5.74, 6) is -0.246. The molecular formula is C19H21N3O5. The van der Waals surface area contributed by atoms with E-state index in [2.05, 4.69) is 16.2 Å². The van der Waals surface area contributed by atoms with Gasteiger partial charge in [0.1, 0.15) is 0 Å². The number of hydrogen-bond donors (Lipinski definition) is 3. The number of carbonyl (C=O) groups is 3. The lowest BCUT2D eigenvalue weighted by molar-refractivity contribution is -0.114. The summed E-state index contributed by atoms with van der Waals surface area (Å²) < 4.78 is 10.6. The Morgan fingerprint density at radius 1 is 0.889 bits per heavy atom. The predicted molar refractivity (Wildman–Crippen MR) is 99.8 cm³/mol. The van der Waals surface area contributed by atoms with E-state index >= 15 is 0 Å². The molecule has 3 amide bonds. The van der Waals surface area contributed by atoms with Gasteiger partial charge in [-0.05, 0) is 49.4 Å². The van der Waals surface area contributed by atoms with Gasteiger partial charge in [0.25, 0.3) is 11.8 Å². The second-order valence-electron chi connectivity index (χ2n) is 5.47. The molecule has 27 heavy (non-hydrogen) atoms. The molecule has 2 aromatic rings. The van der Waals surface area contributed by atoms with Gasteiger partial charge in [-0.15, -0.1) is 0 Å². The number of carbonyl (C=O) groups excluding carboxylic acids is 3. The average molecular weight is 371 g/mol. The van der Waals surface area contributed by atoms with E-state index in [0.29, 0.717) is 34.9 Å². The van der Waals surface area contributed by atoms with Gasteiger partial charge in [-0.2, -0.15) is 0 Å². The van der Waals surface area contributed by atoms with Gasteiger partial charge in [0, 0.05) is 23.7 Å². The second-order valence-corrected chi connectivity index (χ2v) is 5.47. The molecule has 2 rings (SSSR count). The molecule has 0 aliphatic rings. The highest BCUT2D eigenvalue weighted by Gasteiger charge is 2.12. The van der Waals surface area contributed by atoms with Crippen LogP contribution in [0.4, 0.5) is 5.69 Å². The molecule has 0 saturated carbocycles.